The number of ether oxygens (including phenoxy) is 1. The number of alkyl carbamates (subject to hydrolysis) is 1. The fourth-order valence-corrected chi connectivity index (χ4v) is 1.78. The zero-order valence-electron chi connectivity index (χ0n) is 12.8. The summed E-state index contributed by atoms with van der Waals surface area (Å²) in [5.41, 5.74) is 1.21. The van der Waals surface area contributed by atoms with E-state index in [1.165, 1.54) is 12.3 Å². The normalized spacial score (nSPS) is 9.54. The molecule has 0 spiro atoms. The average Bonchev–Trinajstić information content (AvgIpc) is 2.62. The predicted octanol–water partition coefficient (Wildman–Crippen LogP) is 2.70. The summed E-state index contributed by atoms with van der Waals surface area (Å²) < 4.78 is 18.1. The van der Waals surface area contributed by atoms with Gasteiger partial charge in [0.1, 0.15) is 6.61 Å². The first kappa shape index (κ1) is 17.2. The van der Waals surface area contributed by atoms with E-state index in [1.807, 2.05) is 30.3 Å². The van der Waals surface area contributed by atoms with E-state index >= 15 is 0 Å². The van der Waals surface area contributed by atoms with E-state index < -0.39 is 12.0 Å². The number of carbonyl (C=O) groups is 2. The molecular formula is C18H15FN2O3. The first-order valence-corrected chi connectivity index (χ1v) is 7.23. The van der Waals surface area contributed by atoms with Crippen molar-refractivity contribution >= 4 is 12.4 Å². The van der Waals surface area contributed by atoms with Crippen molar-refractivity contribution in [1.82, 2.24) is 10.3 Å². The van der Waals surface area contributed by atoms with Gasteiger partial charge in [0, 0.05) is 24.7 Å². The fourth-order valence-electron chi connectivity index (χ4n) is 1.78. The van der Waals surface area contributed by atoms with E-state index in [4.69, 9.17) is 4.74 Å². The standard InChI is InChI=1S/C18H15FN2O3/c19-17-16(12-22)10-15(11-21-17)8-4-5-9-20-18(23)24-13-14-6-2-1-3-7-14/h1-3,6-7,10-12H,5,9,13H2,(H,20,23). The molecule has 0 saturated heterocycles. The number of hydrogen-bond donors (Lipinski definition) is 1. The molecule has 0 saturated carbocycles. The molecule has 2 rings (SSSR count). The molecule has 1 heterocycles. The molecule has 6 heteroatoms. The number of nitrogens with zero attached hydrogens (tertiary/aromatic N) is 1. The lowest BCUT2D eigenvalue weighted by Crippen LogP contribution is -2.24. The van der Waals surface area contributed by atoms with E-state index in [-0.39, 0.29) is 12.2 Å². The molecule has 1 aromatic carbocycles. The van der Waals surface area contributed by atoms with Gasteiger partial charge in [-0.1, -0.05) is 42.2 Å². The summed E-state index contributed by atoms with van der Waals surface area (Å²) in [5.74, 6) is 4.73. The first-order chi connectivity index (χ1) is 11.7. The fraction of sp³-hybridized carbons (Fsp3) is 0.167. The number of rotatable bonds is 5. The summed E-state index contributed by atoms with van der Waals surface area (Å²) in [6.45, 7) is 0.518. The number of aldehydes is 1. The predicted molar refractivity (Wildman–Crippen MR) is 85.7 cm³/mol. The highest BCUT2D eigenvalue weighted by atomic mass is 19.1. The van der Waals surface area contributed by atoms with Crippen molar-refractivity contribution in [2.24, 2.45) is 0 Å². The van der Waals surface area contributed by atoms with Crippen LogP contribution in [0, 0.1) is 17.8 Å². The number of nitrogens with one attached hydrogen (secondary N) is 1. The van der Waals surface area contributed by atoms with Crippen molar-refractivity contribution in [3.05, 3.63) is 65.2 Å². The number of benzene rings is 1. The van der Waals surface area contributed by atoms with Crippen LogP contribution < -0.4 is 5.32 Å². The topological polar surface area (TPSA) is 68.3 Å². The van der Waals surface area contributed by atoms with Gasteiger partial charge in [-0.05, 0) is 11.6 Å². The lowest BCUT2D eigenvalue weighted by atomic mass is 10.2. The Kier molecular flexibility index (Phi) is 6.47. The van der Waals surface area contributed by atoms with Crippen LogP contribution >= 0.6 is 0 Å². The molecule has 0 aliphatic rings. The highest BCUT2D eigenvalue weighted by Crippen LogP contribution is 2.04. The van der Waals surface area contributed by atoms with Crippen LogP contribution in [0.5, 0.6) is 0 Å². The van der Waals surface area contributed by atoms with Crippen molar-refractivity contribution in [2.75, 3.05) is 6.54 Å². The summed E-state index contributed by atoms with van der Waals surface area (Å²) in [4.78, 5) is 25.5. The average molecular weight is 326 g/mol. The third kappa shape index (κ3) is 5.54. The Morgan fingerprint density at radius 3 is 2.88 bits per heavy atom. The third-order valence-electron chi connectivity index (χ3n) is 2.96. The highest BCUT2D eigenvalue weighted by molar-refractivity contribution is 5.75. The molecule has 0 unspecified atom stereocenters. The van der Waals surface area contributed by atoms with Gasteiger partial charge in [0.25, 0.3) is 0 Å². The first-order valence-electron chi connectivity index (χ1n) is 7.23. The second-order valence-electron chi connectivity index (χ2n) is 4.76. The number of aromatic nitrogens is 1. The second kappa shape index (κ2) is 9.06. The molecule has 0 bridgehead atoms. The Balaban J connectivity index is 1.71. The smallest absolute Gasteiger partial charge is 0.407 e. The minimum atomic E-state index is -0.821. The maximum atomic E-state index is 13.0. The van der Waals surface area contributed by atoms with E-state index in [2.05, 4.69) is 22.1 Å². The lowest BCUT2D eigenvalue weighted by molar-refractivity contribution is 0.111. The summed E-state index contributed by atoms with van der Waals surface area (Å²) in [7, 11) is 0. The quantitative estimate of drug-likeness (QED) is 0.397. The van der Waals surface area contributed by atoms with E-state index in [1.54, 1.807) is 0 Å². The summed E-state index contributed by atoms with van der Waals surface area (Å²) in [6, 6.07) is 10.7. The van der Waals surface area contributed by atoms with Crippen LogP contribution in [0.4, 0.5) is 9.18 Å². The summed E-state index contributed by atoms with van der Waals surface area (Å²) in [6.07, 6.45) is 1.50. The maximum absolute atomic E-state index is 13.0. The lowest BCUT2D eigenvalue weighted by Gasteiger charge is -2.05. The SMILES string of the molecule is O=Cc1cc(C#CCCNC(=O)OCc2ccccc2)cnc1F. The highest BCUT2D eigenvalue weighted by Gasteiger charge is 2.02. The van der Waals surface area contributed by atoms with Crippen LogP contribution in [-0.2, 0) is 11.3 Å². The molecule has 2 aromatic rings. The minimum Gasteiger partial charge on any atom is -0.445 e. The number of carbonyl (C=O) groups excluding carboxylic acids is 2. The van der Waals surface area contributed by atoms with Gasteiger partial charge in [0.2, 0.25) is 5.95 Å². The van der Waals surface area contributed by atoms with Crippen molar-refractivity contribution in [2.45, 2.75) is 13.0 Å². The molecule has 5 nitrogen and oxygen atoms in total. The Labute approximate surface area is 138 Å². The molecule has 0 aliphatic heterocycles. The Morgan fingerprint density at radius 1 is 1.33 bits per heavy atom. The van der Waals surface area contributed by atoms with Gasteiger partial charge < -0.3 is 10.1 Å². The van der Waals surface area contributed by atoms with Crippen LogP contribution in [-0.4, -0.2) is 23.9 Å². The molecular weight excluding hydrogens is 311 g/mol. The zero-order valence-corrected chi connectivity index (χ0v) is 12.8. The number of hydrogen-bond acceptors (Lipinski definition) is 4. The van der Waals surface area contributed by atoms with Crippen LogP contribution in [0.15, 0.2) is 42.6 Å². The second-order valence-corrected chi connectivity index (χ2v) is 4.76. The van der Waals surface area contributed by atoms with E-state index in [0.717, 1.165) is 5.56 Å². The Hall–Kier alpha value is -3.20. The molecule has 1 aromatic heterocycles. The Bertz CT molecular complexity index is 767. The van der Waals surface area contributed by atoms with Gasteiger partial charge >= 0.3 is 6.09 Å². The van der Waals surface area contributed by atoms with Crippen molar-refractivity contribution < 1.29 is 18.7 Å². The number of halogens is 1. The molecule has 24 heavy (non-hydrogen) atoms. The van der Waals surface area contributed by atoms with Gasteiger partial charge in [-0.15, -0.1) is 0 Å². The maximum Gasteiger partial charge on any atom is 0.407 e. The van der Waals surface area contributed by atoms with Gasteiger partial charge in [0.05, 0.1) is 5.56 Å². The van der Waals surface area contributed by atoms with Crippen molar-refractivity contribution in [1.29, 1.82) is 0 Å². The molecule has 0 fully saturated rings. The molecule has 0 aliphatic carbocycles. The van der Waals surface area contributed by atoms with E-state index in [0.29, 0.717) is 24.8 Å². The number of amides is 1. The van der Waals surface area contributed by atoms with Gasteiger partial charge in [-0.2, -0.15) is 4.39 Å². The molecule has 1 amide bonds. The monoisotopic (exact) mass is 326 g/mol. The molecule has 0 atom stereocenters. The summed E-state index contributed by atoms with van der Waals surface area (Å²) in [5, 5.41) is 2.58. The van der Waals surface area contributed by atoms with Crippen LogP contribution in [0.3, 0.4) is 0 Å². The number of pyridine rings is 1. The zero-order chi connectivity index (χ0) is 17.2. The molecule has 1 N–H and O–H groups in total. The van der Waals surface area contributed by atoms with Crippen LogP contribution in [0.1, 0.15) is 27.9 Å². The third-order valence-corrected chi connectivity index (χ3v) is 2.96. The van der Waals surface area contributed by atoms with Gasteiger partial charge in [-0.3, -0.25) is 4.79 Å². The van der Waals surface area contributed by atoms with E-state index in [9.17, 15) is 14.0 Å². The largest absolute Gasteiger partial charge is 0.445 e. The van der Waals surface area contributed by atoms with Gasteiger partial charge in [-0.25, -0.2) is 9.78 Å². The minimum absolute atomic E-state index is 0.135. The molecule has 122 valence electrons. The molecule has 0 radical (unpaired) electrons. The van der Waals surface area contributed by atoms with Crippen molar-refractivity contribution in [3.63, 3.8) is 0 Å². The van der Waals surface area contributed by atoms with Crippen LogP contribution in [0.25, 0.3) is 0 Å². The van der Waals surface area contributed by atoms with Crippen LogP contribution in [0.2, 0.25) is 0 Å². The Morgan fingerprint density at radius 2 is 2.12 bits per heavy atom. The van der Waals surface area contributed by atoms with Gasteiger partial charge in [0.15, 0.2) is 6.29 Å². The van der Waals surface area contributed by atoms with Crippen molar-refractivity contribution in [3.8, 4) is 11.8 Å². The summed E-state index contributed by atoms with van der Waals surface area (Å²) >= 11 is 0.